The molecule has 2 atom stereocenters. The van der Waals surface area contributed by atoms with Crippen molar-refractivity contribution < 1.29 is 22.3 Å². The minimum Gasteiger partial charge on any atom is -0.497 e. The largest absolute Gasteiger partial charge is 0.497 e. The molecule has 0 saturated heterocycles. The van der Waals surface area contributed by atoms with Crippen molar-refractivity contribution in [1.29, 1.82) is 0 Å². The second-order valence-corrected chi connectivity index (χ2v) is 9.48. The smallest absolute Gasteiger partial charge is 0.180 e. The Morgan fingerprint density at radius 1 is 1.17 bits per heavy atom. The molecule has 0 aliphatic carbocycles. The fourth-order valence-electron chi connectivity index (χ4n) is 4.03. The van der Waals surface area contributed by atoms with Crippen LogP contribution in [0.3, 0.4) is 0 Å². The summed E-state index contributed by atoms with van der Waals surface area (Å²) in [5.41, 5.74) is 0.809. The number of hydrogen-bond acceptors (Lipinski definition) is 5. The topological polar surface area (TPSA) is 64.6 Å². The van der Waals surface area contributed by atoms with Crippen molar-refractivity contribution in [3.05, 3.63) is 59.4 Å². The fraction of sp³-hybridized carbons (Fsp3) is 0.455. The third-order valence-corrected chi connectivity index (χ3v) is 7.64. The molecule has 1 heterocycles. The lowest BCUT2D eigenvalue weighted by atomic mass is 9.88. The molecule has 0 radical (unpaired) electrons. The molecular weight excluding hydrogens is 393 g/mol. The highest BCUT2D eigenvalue weighted by Crippen LogP contribution is 2.39. The molecule has 2 aromatic rings. The molecule has 0 spiro atoms. The molecule has 5 nitrogen and oxygen atoms in total. The van der Waals surface area contributed by atoms with Gasteiger partial charge < -0.3 is 9.47 Å². The number of hydrogen-bond donors (Lipinski definition) is 1. The molecule has 3 rings (SSSR count). The normalized spacial score (nSPS) is 23.2. The maximum absolute atomic E-state index is 13.5. The average molecular weight is 422 g/mol. The van der Waals surface area contributed by atoms with Crippen molar-refractivity contribution in [3.63, 3.8) is 0 Å². The lowest BCUT2D eigenvalue weighted by Crippen LogP contribution is -2.50. The van der Waals surface area contributed by atoms with E-state index in [9.17, 15) is 12.8 Å². The number of benzene rings is 2. The zero-order valence-electron chi connectivity index (χ0n) is 17.1. The molecule has 29 heavy (non-hydrogen) atoms. The molecule has 0 saturated carbocycles. The molecule has 0 aromatic heterocycles. The van der Waals surface area contributed by atoms with Crippen molar-refractivity contribution in [2.24, 2.45) is 0 Å². The highest BCUT2D eigenvalue weighted by Gasteiger charge is 2.41. The van der Waals surface area contributed by atoms with Gasteiger partial charge in [-0.1, -0.05) is 19.1 Å². The summed E-state index contributed by atoms with van der Waals surface area (Å²) < 4.78 is 50.8. The Hall–Kier alpha value is -1.96. The Balaban J connectivity index is 2.17. The van der Waals surface area contributed by atoms with Gasteiger partial charge >= 0.3 is 0 Å². The Bertz CT molecular complexity index is 946. The number of fused-ring (bicyclic) bond motifs is 1. The van der Waals surface area contributed by atoms with Crippen LogP contribution in [0.1, 0.15) is 43.4 Å². The van der Waals surface area contributed by atoms with Crippen LogP contribution >= 0.6 is 0 Å². The summed E-state index contributed by atoms with van der Waals surface area (Å²) in [7, 11) is -0.354. The van der Waals surface area contributed by atoms with E-state index >= 15 is 0 Å². The van der Waals surface area contributed by atoms with E-state index in [4.69, 9.17) is 9.47 Å². The maximum atomic E-state index is 13.5. The Morgan fingerprint density at radius 3 is 2.52 bits per heavy atom. The molecule has 7 heteroatoms. The Labute approximate surface area is 172 Å². The van der Waals surface area contributed by atoms with Gasteiger partial charge in [-0.05, 0) is 60.7 Å². The predicted molar refractivity (Wildman–Crippen MR) is 111 cm³/mol. The molecule has 2 aromatic carbocycles. The second-order valence-electron chi connectivity index (χ2n) is 7.52. The van der Waals surface area contributed by atoms with Gasteiger partial charge in [0.15, 0.2) is 9.84 Å². The molecule has 1 N–H and O–H groups in total. The summed E-state index contributed by atoms with van der Waals surface area (Å²) >= 11 is 0. The van der Waals surface area contributed by atoms with Gasteiger partial charge in [-0.15, -0.1) is 0 Å². The van der Waals surface area contributed by atoms with Crippen LogP contribution in [0.5, 0.6) is 5.75 Å². The van der Waals surface area contributed by atoms with E-state index in [2.05, 4.69) is 5.32 Å². The van der Waals surface area contributed by atoms with Gasteiger partial charge in [0.1, 0.15) is 11.6 Å². The monoisotopic (exact) mass is 421 g/mol. The van der Waals surface area contributed by atoms with Crippen molar-refractivity contribution in [2.75, 3.05) is 26.6 Å². The van der Waals surface area contributed by atoms with Crippen LogP contribution in [-0.2, 0) is 14.6 Å². The van der Waals surface area contributed by atoms with E-state index in [1.165, 1.54) is 12.1 Å². The number of halogens is 1. The summed E-state index contributed by atoms with van der Waals surface area (Å²) in [6.07, 6.45) is 2.03. The first-order valence-corrected chi connectivity index (χ1v) is 11.4. The van der Waals surface area contributed by atoms with Gasteiger partial charge in [-0.25, -0.2) is 12.8 Å². The van der Waals surface area contributed by atoms with Crippen molar-refractivity contribution in [3.8, 4) is 5.75 Å². The molecular formula is C22H28FNO4S. The summed E-state index contributed by atoms with van der Waals surface area (Å²) in [5.74, 6) is 0.246. The quantitative estimate of drug-likeness (QED) is 0.688. The van der Waals surface area contributed by atoms with E-state index in [0.29, 0.717) is 35.7 Å². The van der Waals surface area contributed by atoms with E-state index in [1.807, 2.05) is 6.92 Å². The molecule has 0 unspecified atom stereocenters. The van der Waals surface area contributed by atoms with Crippen LogP contribution in [0.25, 0.3) is 0 Å². The summed E-state index contributed by atoms with van der Waals surface area (Å²) in [6.45, 7) is 2.55. The number of ether oxygens (including phenoxy) is 2. The van der Waals surface area contributed by atoms with Gasteiger partial charge in [0.2, 0.25) is 0 Å². The lowest BCUT2D eigenvalue weighted by molar-refractivity contribution is 0.176. The molecule has 0 amide bonds. The van der Waals surface area contributed by atoms with Gasteiger partial charge in [0.05, 0.1) is 23.8 Å². The van der Waals surface area contributed by atoms with Crippen molar-refractivity contribution in [1.82, 2.24) is 5.32 Å². The Kier molecular flexibility index (Phi) is 6.61. The zero-order chi connectivity index (χ0) is 21.1. The highest BCUT2D eigenvalue weighted by molar-refractivity contribution is 7.91. The maximum Gasteiger partial charge on any atom is 0.180 e. The number of sulfone groups is 1. The third-order valence-electron chi connectivity index (χ3n) is 5.66. The molecule has 0 fully saturated rings. The minimum atomic E-state index is -3.54. The summed E-state index contributed by atoms with van der Waals surface area (Å²) in [5, 5.41) is 3.62. The number of nitrogens with one attached hydrogen (secondary N) is 1. The van der Waals surface area contributed by atoms with Crippen LogP contribution in [0, 0.1) is 5.82 Å². The number of methoxy groups -OCH3 is 2. The van der Waals surface area contributed by atoms with Gasteiger partial charge in [0, 0.05) is 19.3 Å². The molecule has 158 valence electrons. The minimum absolute atomic E-state index is 0.00274. The Morgan fingerprint density at radius 2 is 1.90 bits per heavy atom. The van der Waals surface area contributed by atoms with Crippen LogP contribution in [-0.4, -0.2) is 40.5 Å². The average Bonchev–Trinajstić information content (AvgIpc) is 2.81. The van der Waals surface area contributed by atoms with E-state index in [-0.39, 0.29) is 11.6 Å². The van der Waals surface area contributed by atoms with Crippen LogP contribution in [0.15, 0.2) is 47.4 Å². The van der Waals surface area contributed by atoms with Gasteiger partial charge in [-0.3, -0.25) is 5.32 Å². The molecule has 1 aliphatic heterocycles. The van der Waals surface area contributed by atoms with Crippen LogP contribution in [0.2, 0.25) is 0 Å². The van der Waals surface area contributed by atoms with Gasteiger partial charge in [0.25, 0.3) is 0 Å². The fourth-order valence-corrected chi connectivity index (χ4v) is 6.15. The highest BCUT2D eigenvalue weighted by atomic mass is 32.2. The first-order valence-electron chi connectivity index (χ1n) is 9.77. The lowest BCUT2D eigenvalue weighted by Gasteiger charge is -2.36. The predicted octanol–water partition coefficient (Wildman–Crippen LogP) is 3.88. The first-order chi connectivity index (χ1) is 13.8. The van der Waals surface area contributed by atoms with Crippen LogP contribution < -0.4 is 10.1 Å². The summed E-state index contributed by atoms with van der Waals surface area (Å²) in [4.78, 5) is 0.294. The second kappa shape index (κ2) is 8.81. The third kappa shape index (κ3) is 4.63. The van der Waals surface area contributed by atoms with E-state index < -0.39 is 21.4 Å². The van der Waals surface area contributed by atoms with E-state index in [0.717, 1.165) is 12.0 Å². The van der Waals surface area contributed by atoms with Crippen molar-refractivity contribution >= 4 is 9.84 Å². The first kappa shape index (κ1) is 21.7. The van der Waals surface area contributed by atoms with Crippen molar-refractivity contribution in [2.45, 2.75) is 42.7 Å². The molecule has 0 bridgehead atoms. The standard InChI is InChI=1S/C22H28FNO4S/c1-4-22(12-5-13-27-2)15-29(25,26)20-11-10-18(28-3)14-19(20)21(24-22)16-6-8-17(23)9-7-16/h6-11,14,21,24H,4-5,12-13,15H2,1-3H3/t21-,22-/m0/s1. The zero-order valence-corrected chi connectivity index (χ0v) is 17.9. The van der Waals surface area contributed by atoms with Crippen LogP contribution in [0.4, 0.5) is 4.39 Å². The summed E-state index contributed by atoms with van der Waals surface area (Å²) in [6, 6.07) is 10.8. The number of rotatable bonds is 7. The van der Waals surface area contributed by atoms with E-state index in [1.54, 1.807) is 44.6 Å². The SMILES string of the molecule is CC[C@]1(CCCOC)CS(=O)(=O)c2ccc(OC)cc2[C@H](c2ccc(F)cc2)N1. The molecule has 1 aliphatic rings. The van der Waals surface area contributed by atoms with Gasteiger partial charge in [-0.2, -0.15) is 0 Å².